The third-order valence-electron chi connectivity index (χ3n) is 4.90. The molecule has 0 bridgehead atoms. The van der Waals surface area contributed by atoms with E-state index < -0.39 is 0 Å². The standard InChI is InChI=1S/C17H20N4O2/c1-20-8-7-13-9-21(10-14(13)17(20)22)11-15-18-16(23-19-15)12-5-3-2-4-6-12/h2-6,13-14H,7-11H2,1H3/t13-,14+/m1/s1. The second-order valence-electron chi connectivity index (χ2n) is 6.49. The van der Waals surface area contributed by atoms with E-state index in [1.54, 1.807) is 0 Å². The minimum atomic E-state index is 0.134. The molecule has 0 saturated carbocycles. The molecule has 4 rings (SSSR count). The maximum atomic E-state index is 12.2. The molecule has 0 radical (unpaired) electrons. The van der Waals surface area contributed by atoms with Gasteiger partial charge in [0.1, 0.15) is 0 Å². The molecule has 23 heavy (non-hydrogen) atoms. The van der Waals surface area contributed by atoms with E-state index in [0.717, 1.165) is 31.6 Å². The van der Waals surface area contributed by atoms with E-state index in [-0.39, 0.29) is 11.8 Å². The normalized spacial score (nSPS) is 24.9. The number of likely N-dealkylation sites (tertiary alicyclic amines) is 2. The Morgan fingerprint density at radius 3 is 2.91 bits per heavy atom. The van der Waals surface area contributed by atoms with Gasteiger partial charge in [0.15, 0.2) is 5.82 Å². The summed E-state index contributed by atoms with van der Waals surface area (Å²) in [6, 6.07) is 9.77. The second-order valence-corrected chi connectivity index (χ2v) is 6.49. The fourth-order valence-electron chi connectivity index (χ4n) is 3.63. The molecule has 0 N–H and O–H groups in total. The first-order chi connectivity index (χ1) is 11.2. The Balaban J connectivity index is 1.44. The van der Waals surface area contributed by atoms with Gasteiger partial charge in [0, 0.05) is 32.2 Å². The van der Waals surface area contributed by atoms with E-state index in [9.17, 15) is 4.79 Å². The molecule has 2 saturated heterocycles. The Bertz CT molecular complexity index is 700. The fraction of sp³-hybridized carbons (Fsp3) is 0.471. The summed E-state index contributed by atoms with van der Waals surface area (Å²) >= 11 is 0. The van der Waals surface area contributed by atoms with Crippen molar-refractivity contribution in [3.8, 4) is 11.5 Å². The first kappa shape index (κ1) is 14.4. The zero-order chi connectivity index (χ0) is 15.8. The summed E-state index contributed by atoms with van der Waals surface area (Å²) in [4.78, 5) is 20.8. The minimum absolute atomic E-state index is 0.134. The SMILES string of the molecule is CN1CC[C@@H]2CN(Cc3noc(-c4ccccc4)n3)C[C@@H]2C1=O. The van der Waals surface area contributed by atoms with Gasteiger partial charge in [-0.15, -0.1) is 0 Å². The van der Waals surface area contributed by atoms with Gasteiger partial charge in [0.2, 0.25) is 5.91 Å². The molecule has 6 nitrogen and oxygen atoms in total. The maximum Gasteiger partial charge on any atom is 0.257 e. The van der Waals surface area contributed by atoms with Gasteiger partial charge in [-0.25, -0.2) is 0 Å². The van der Waals surface area contributed by atoms with E-state index in [0.29, 0.717) is 24.2 Å². The van der Waals surface area contributed by atoms with Crippen LogP contribution in [0.2, 0.25) is 0 Å². The lowest BCUT2D eigenvalue weighted by Gasteiger charge is -2.30. The quantitative estimate of drug-likeness (QED) is 0.862. The van der Waals surface area contributed by atoms with Gasteiger partial charge in [-0.2, -0.15) is 4.98 Å². The number of aromatic nitrogens is 2. The van der Waals surface area contributed by atoms with Crippen LogP contribution in [0.25, 0.3) is 11.5 Å². The topological polar surface area (TPSA) is 62.5 Å². The largest absolute Gasteiger partial charge is 0.345 e. The number of fused-ring (bicyclic) bond motifs is 1. The third kappa shape index (κ3) is 2.74. The maximum absolute atomic E-state index is 12.2. The average Bonchev–Trinajstić information content (AvgIpc) is 3.19. The van der Waals surface area contributed by atoms with Gasteiger partial charge in [0.25, 0.3) is 5.89 Å². The van der Waals surface area contributed by atoms with Crippen molar-refractivity contribution in [2.24, 2.45) is 11.8 Å². The molecule has 6 heteroatoms. The monoisotopic (exact) mass is 312 g/mol. The lowest BCUT2D eigenvalue weighted by molar-refractivity contribution is -0.137. The van der Waals surface area contributed by atoms with Gasteiger partial charge in [-0.3, -0.25) is 9.69 Å². The number of carbonyl (C=O) groups excluding carboxylic acids is 1. The number of benzene rings is 1. The van der Waals surface area contributed by atoms with Crippen molar-refractivity contribution in [1.29, 1.82) is 0 Å². The smallest absolute Gasteiger partial charge is 0.257 e. The van der Waals surface area contributed by atoms with Crippen molar-refractivity contribution in [3.63, 3.8) is 0 Å². The zero-order valence-electron chi connectivity index (χ0n) is 13.2. The first-order valence-corrected chi connectivity index (χ1v) is 8.06. The highest BCUT2D eigenvalue weighted by molar-refractivity contribution is 5.80. The number of hydrogen-bond donors (Lipinski definition) is 0. The van der Waals surface area contributed by atoms with Crippen LogP contribution in [0.4, 0.5) is 0 Å². The summed E-state index contributed by atoms with van der Waals surface area (Å²) in [6.07, 6.45) is 1.09. The predicted octanol–water partition coefficient (Wildman–Crippen LogP) is 1.65. The molecule has 1 aromatic carbocycles. The number of hydrogen-bond acceptors (Lipinski definition) is 5. The number of carbonyl (C=O) groups is 1. The third-order valence-corrected chi connectivity index (χ3v) is 4.90. The summed E-state index contributed by atoms with van der Waals surface area (Å²) in [5.41, 5.74) is 0.929. The van der Waals surface area contributed by atoms with Gasteiger partial charge in [-0.1, -0.05) is 23.4 Å². The minimum Gasteiger partial charge on any atom is -0.345 e. The Hall–Kier alpha value is -2.21. The molecule has 2 aromatic rings. The number of nitrogens with zero attached hydrogens (tertiary/aromatic N) is 4. The van der Waals surface area contributed by atoms with Crippen LogP contribution in [0, 0.1) is 11.8 Å². The van der Waals surface area contributed by atoms with Crippen molar-refractivity contribution in [2.75, 3.05) is 26.7 Å². The van der Waals surface area contributed by atoms with Crippen LogP contribution < -0.4 is 0 Å². The van der Waals surface area contributed by atoms with Crippen molar-refractivity contribution in [2.45, 2.75) is 13.0 Å². The first-order valence-electron chi connectivity index (χ1n) is 8.06. The highest BCUT2D eigenvalue weighted by Gasteiger charge is 2.41. The van der Waals surface area contributed by atoms with Crippen LogP contribution in [-0.2, 0) is 11.3 Å². The van der Waals surface area contributed by atoms with Crippen molar-refractivity contribution >= 4 is 5.91 Å². The van der Waals surface area contributed by atoms with E-state index in [4.69, 9.17) is 4.52 Å². The van der Waals surface area contributed by atoms with E-state index >= 15 is 0 Å². The van der Waals surface area contributed by atoms with E-state index in [1.807, 2.05) is 42.3 Å². The molecular formula is C17H20N4O2. The Labute approximate surface area is 135 Å². The van der Waals surface area contributed by atoms with E-state index in [1.165, 1.54) is 0 Å². The predicted molar refractivity (Wildman–Crippen MR) is 84.2 cm³/mol. The fourth-order valence-corrected chi connectivity index (χ4v) is 3.63. The number of amides is 1. The summed E-state index contributed by atoms with van der Waals surface area (Å²) in [7, 11) is 1.90. The highest BCUT2D eigenvalue weighted by atomic mass is 16.5. The Morgan fingerprint density at radius 2 is 2.09 bits per heavy atom. The molecule has 1 amide bonds. The van der Waals surface area contributed by atoms with Crippen LogP contribution in [0.5, 0.6) is 0 Å². The van der Waals surface area contributed by atoms with Crippen LogP contribution >= 0.6 is 0 Å². The summed E-state index contributed by atoms with van der Waals surface area (Å²) in [6.45, 7) is 3.25. The molecule has 2 aliphatic heterocycles. The molecular weight excluding hydrogens is 292 g/mol. The van der Waals surface area contributed by atoms with Crippen LogP contribution in [0.15, 0.2) is 34.9 Å². The zero-order valence-corrected chi connectivity index (χ0v) is 13.2. The summed E-state index contributed by atoms with van der Waals surface area (Å²) < 4.78 is 5.35. The van der Waals surface area contributed by atoms with Gasteiger partial charge < -0.3 is 9.42 Å². The molecule has 3 heterocycles. The molecule has 0 unspecified atom stereocenters. The number of piperidine rings is 1. The Kier molecular flexibility index (Phi) is 3.61. The average molecular weight is 312 g/mol. The van der Waals surface area contributed by atoms with Crippen LogP contribution in [0.1, 0.15) is 12.2 Å². The van der Waals surface area contributed by atoms with Crippen molar-refractivity contribution in [3.05, 3.63) is 36.2 Å². The molecule has 0 spiro atoms. The molecule has 2 fully saturated rings. The molecule has 0 aliphatic carbocycles. The van der Waals surface area contributed by atoms with Gasteiger partial charge in [-0.05, 0) is 24.5 Å². The van der Waals surface area contributed by atoms with Gasteiger partial charge in [0.05, 0.1) is 12.5 Å². The summed E-state index contributed by atoms with van der Waals surface area (Å²) in [5.74, 6) is 2.12. The van der Waals surface area contributed by atoms with Crippen molar-refractivity contribution < 1.29 is 9.32 Å². The molecule has 2 aliphatic rings. The molecule has 1 aromatic heterocycles. The Morgan fingerprint density at radius 1 is 1.26 bits per heavy atom. The highest BCUT2D eigenvalue weighted by Crippen LogP contribution is 2.32. The van der Waals surface area contributed by atoms with Crippen LogP contribution in [-0.4, -0.2) is 52.5 Å². The van der Waals surface area contributed by atoms with Crippen LogP contribution in [0.3, 0.4) is 0 Å². The lowest BCUT2D eigenvalue weighted by Crippen LogP contribution is -2.42. The van der Waals surface area contributed by atoms with Gasteiger partial charge >= 0.3 is 0 Å². The lowest BCUT2D eigenvalue weighted by atomic mass is 9.88. The van der Waals surface area contributed by atoms with Crippen molar-refractivity contribution in [1.82, 2.24) is 19.9 Å². The second kappa shape index (κ2) is 5.77. The summed E-state index contributed by atoms with van der Waals surface area (Å²) in [5, 5.41) is 4.08. The number of rotatable bonds is 3. The molecule has 120 valence electrons. The molecule has 2 atom stereocenters. The van der Waals surface area contributed by atoms with E-state index in [2.05, 4.69) is 15.0 Å².